The van der Waals surface area contributed by atoms with Crippen LogP contribution in [0.5, 0.6) is 11.5 Å². The molecule has 2 N–H and O–H groups in total. The number of amides is 1. The zero-order chi connectivity index (χ0) is 24.4. The SMILES string of the molecule is [CH2]C(CC(=O)O)(Oc1ccc(N2CC(=O)NS2(=O)=O)c(OCc2ccccc2)c1)[Si](C)(C)C. The van der Waals surface area contributed by atoms with Crippen LogP contribution < -0.4 is 18.5 Å². The first kappa shape index (κ1) is 24.6. The number of nitrogens with one attached hydrogen (secondary N) is 1. The summed E-state index contributed by atoms with van der Waals surface area (Å²) >= 11 is 0. The molecule has 2 aromatic carbocycles. The van der Waals surface area contributed by atoms with Crippen molar-refractivity contribution in [2.24, 2.45) is 0 Å². The van der Waals surface area contributed by atoms with E-state index in [0.717, 1.165) is 9.87 Å². The molecule has 11 heteroatoms. The maximum Gasteiger partial charge on any atom is 0.326 e. The standard InChI is InChI=1S/C22H27N2O7SSi/c1-22(13-21(26)27,33(2,3)4)31-17-10-11-18(24-14-20(25)23-32(24,28)29)19(12-17)30-15-16-8-6-5-7-9-16/h5-12H,1,13-15H2,2-4H3,(H,23,25)(H,26,27). The fourth-order valence-electron chi connectivity index (χ4n) is 3.20. The van der Waals surface area contributed by atoms with Gasteiger partial charge in [-0.25, -0.2) is 9.03 Å². The third kappa shape index (κ3) is 5.66. The molecular formula is C22H27N2O7SSi. The van der Waals surface area contributed by atoms with E-state index in [4.69, 9.17) is 9.47 Å². The van der Waals surface area contributed by atoms with Gasteiger partial charge in [-0.3, -0.25) is 9.59 Å². The number of rotatable bonds is 9. The first-order chi connectivity index (χ1) is 15.3. The highest BCUT2D eigenvalue weighted by Crippen LogP contribution is 2.38. The van der Waals surface area contributed by atoms with Crippen molar-refractivity contribution in [2.75, 3.05) is 10.8 Å². The van der Waals surface area contributed by atoms with Crippen molar-refractivity contribution in [2.45, 2.75) is 37.9 Å². The Balaban J connectivity index is 2.00. The summed E-state index contributed by atoms with van der Waals surface area (Å²) in [5.41, 5.74) is 1.02. The minimum atomic E-state index is -4.05. The normalized spacial score (nSPS) is 17.2. The van der Waals surface area contributed by atoms with E-state index in [1.54, 1.807) is 0 Å². The van der Waals surface area contributed by atoms with E-state index in [2.05, 4.69) is 6.92 Å². The number of hydrogen-bond donors (Lipinski definition) is 2. The molecule has 2 aromatic rings. The number of aliphatic carboxylic acids is 1. The van der Waals surface area contributed by atoms with Crippen molar-refractivity contribution >= 4 is 35.8 Å². The summed E-state index contributed by atoms with van der Waals surface area (Å²) in [6.07, 6.45) is -0.288. The molecule has 0 aromatic heterocycles. The van der Waals surface area contributed by atoms with Crippen LogP contribution in [0.15, 0.2) is 48.5 Å². The van der Waals surface area contributed by atoms with Crippen LogP contribution in [0.2, 0.25) is 19.6 Å². The summed E-state index contributed by atoms with van der Waals surface area (Å²) < 4.78 is 39.7. The van der Waals surface area contributed by atoms with Crippen LogP contribution in [0, 0.1) is 6.92 Å². The van der Waals surface area contributed by atoms with Gasteiger partial charge < -0.3 is 14.6 Å². The number of carboxylic acids is 1. The Morgan fingerprint density at radius 2 is 1.88 bits per heavy atom. The average Bonchev–Trinajstić information content (AvgIpc) is 2.97. The van der Waals surface area contributed by atoms with Crippen molar-refractivity contribution in [1.29, 1.82) is 0 Å². The lowest BCUT2D eigenvalue weighted by molar-refractivity contribution is -0.139. The van der Waals surface area contributed by atoms with E-state index in [0.29, 0.717) is 0 Å². The number of carboxylic acid groups (broad SMARTS) is 1. The predicted octanol–water partition coefficient (Wildman–Crippen LogP) is 2.75. The number of anilines is 1. The van der Waals surface area contributed by atoms with Crippen LogP contribution in [-0.4, -0.2) is 45.2 Å². The van der Waals surface area contributed by atoms with Crippen molar-refractivity contribution in [3.05, 3.63) is 61.0 Å². The third-order valence-electron chi connectivity index (χ3n) is 5.37. The van der Waals surface area contributed by atoms with Crippen LogP contribution in [0.1, 0.15) is 12.0 Å². The smallest absolute Gasteiger partial charge is 0.326 e. The van der Waals surface area contributed by atoms with E-state index in [1.807, 2.05) is 54.7 Å². The van der Waals surface area contributed by atoms with E-state index >= 15 is 0 Å². The molecule has 3 rings (SSSR count). The number of carbonyl (C=O) groups excluding carboxylic acids is 1. The Kier molecular flexibility index (Phi) is 6.75. The quantitative estimate of drug-likeness (QED) is 0.517. The van der Waals surface area contributed by atoms with Gasteiger partial charge in [0, 0.05) is 6.07 Å². The van der Waals surface area contributed by atoms with Gasteiger partial charge in [0.15, 0.2) is 0 Å². The fraction of sp³-hybridized carbons (Fsp3) is 0.318. The second-order valence-corrected chi connectivity index (χ2v) is 15.9. The van der Waals surface area contributed by atoms with Crippen LogP contribution in [0.4, 0.5) is 5.69 Å². The van der Waals surface area contributed by atoms with E-state index in [-0.39, 0.29) is 36.8 Å². The molecule has 0 aliphatic carbocycles. The molecule has 1 radical (unpaired) electrons. The average molecular weight is 492 g/mol. The van der Waals surface area contributed by atoms with Crippen LogP contribution in [0.3, 0.4) is 0 Å². The van der Waals surface area contributed by atoms with Gasteiger partial charge in [-0.2, -0.15) is 8.42 Å². The Morgan fingerprint density at radius 3 is 2.42 bits per heavy atom. The predicted molar refractivity (Wildman–Crippen MR) is 126 cm³/mol. The van der Waals surface area contributed by atoms with Crippen molar-refractivity contribution in [1.82, 2.24) is 4.72 Å². The second kappa shape index (κ2) is 9.06. The second-order valence-electron chi connectivity index (χ2n) is 8.86. The largest absolute Gasteiger partial charge is 0.490 e. The Morgan fingerprint density at radius 1 is 1.21 bits per heavy atom. The molecule has 0 saturated carbocycles. The van der Waals surface area contributed by atoms with Gasteiger partial charge in [-0.15, -0.1) is 0 Å². The van der Waals surface area contributed by atoms with Crippen molar-refractivity contribution < 1.29 is 32.6 Å². The topological polar surface area (TPSA) is 122 Å². The summed E-state index contributed by atoms with van der Waals surface area (Å²) in [6.45, 7) is 9.73. The number of benzene rings is 2. The van der Waals surface area contributed by atoms with E-state index in [1.165, 1.54) is 18.2 Å². The molecule has 0 bridgehead atoms. The van der Waals surface area contributed by atoms with E-state index in [9.17, 15) is 23.1 Å². The summed E-state index contributed by atoms with van der Waals surface area (Å²) in [6, 6.07) is 13.8. The summed E-state index contributed by atoms with van der Waals surface area (Å²) in [4.78, 5) is 23.2. The molecule has 0 spiro atoms. The van der Waals surface area contributed by atoms with Crippen LogP contribution in [0.25, 0.3) is 0 Å². The molecular weight excluding hydrogens is 464 g/mol. The highest BCUT2D eigenvalue weighted by molar-refractivity contribution is 7.92. The maximum absolute atomic E-state index is 12.4. The van der Waals surface area contributed by atoms with Crippen LogP contribution >= 0.6 is 0 Å². The zero-order valence-corrected chi connectivity index (χ0v) is 20.5. The number of ether oxygens (including phenoxy) is 2. The molecule has 1 saturated heterocycles. The highest BCUT2D eigenvalue weighted by Gasteiger charge is 2.44. The minimum absolute atomic E-state index is 0.144. The van der Waals surface area contributed by atoms with Gasteiger partial charge in [0.05, 0.1) is 20.2 Å². The van der Waals surface area contributed by atoms with Gasteiger partial charge >= 0.3 is 16.2 Å². The first-order valence-corrected chi connectivity index (χ1v) is 15.1. The molecule has 1 atom stereocenters. The van der Waals surface area contributed by atoms with Crippen molar-refractivity contribution in [3.63, 3.8) is 0 Å². The summed E-state index contributed by atoms with van der Waals surface area (Å²) in [7, 11) is -6.28. The maximum atomic E-state index is 12.4. The Bertz CT molecular complexity index is 1150. The molecule has 1 aliphatic heterocycles. The monoisotopic (exact) mass is 491 g/mol. The summed E-state index contributed by atoms with van der Waals surface area (Å²) in [5.74, 6) is -1.22. The molecule has 1 amide bonds. The molecule has 1 fully saturated rings. The van der Waals surface area contributed by atoms with Gasteiger partial charge in [0.25, 0.3) is 5.91 Å². The molecule has 33 heavy (non-hydrogen) atoms. The summed E-state index contributed by atoms with van der Waals surface area (Å²) in [5, 5.41) is 8.22. The Labute approximate surface area is 194 Å². The third-order valence-corrected chi connectivity index (χ3v) is 9.78. The first-order valence-electron chi connectivity index (χ1n) is 10.2. The molecule has 1 unspecified atom stereocenters. The van der Waals surface area contributed by atoms with E-state index < -0.39 is 35.4 Å². The lowest BCUT2D eigenvalue weighted by atomic mass is 10.2. The highest BCUT2D eigenvalue weighted by atomic mass is 32.2. The van der Waals surface area contributed by atoms with Gasteiger partial charge in [0.2, 0.25) is 0 Å². The lowest BCUT2D eigenvalue weighted by Gasteiger charge is -2.39. The fourth-order valence-corrected chi connectivity index (χ4v) is 5.47. The van der Waals surface area contributed by atoms with Crippen LogP contribution in [-0.2, 0) is 26.4 Å². The zero-order valence-electron chi connectivity index (χ0n) is 18.7. The lowest BCUT2D eigenvalue weighted by Crippen LogP contribution is -2.55. The number of carbonyl (C=O) groups is 2. The minimum Gasteiger partial charge on any atom is -0.490 e. The van der Waals surface area contributed by atoms with Gasteiger partial charge in [0.1, 0.15) is 29.9 Å². The molecule has 9 nitrogen and oxygen atoms in total. The van der Waals surface area contributed by atoms with Crippen molar-refractivity contribution in [3.8, 4) is 11.5 Å². The number of hydrogen-bond acceptors (Lipinski definition) is 6. The molecule has 1 heterocycles. The number of nitrogens with zero attached hydrogens (tertiary/aromatic N) is 1. The molecule has 177 valence electrons. The van der Waals surface area contributed by atoms with Gasteiger partial charge in [-0.1, -0.05) is 50.0 Å². The van der Waals surface area contributed by atoms with Gasteiger partial charge in [-0.05, 0) is 24.6 Å². The molecule has 1 aliphatic rings. The Hall–Kier alpha value is -3.05.